The molecule has 10 nitrogen and oxygen atoms in total. The molecule has 0 atom stereocenters. The largest absolute Gasteiger partial charge is 0.478 e. The van der Waals surface area contributed by atoms with Crippen LogP contribution < -0.4 is 10.2 Å². The summed E-state index contributed by atoms with van der Waals surface area (Å²) in [4.78, 5) is 12.3. The Kier molecular flexibility index (Phi) is 7.26. The Labute approximate surface area is 182 Å². The van der Waals surface area contributed by atoms with E-state index in [1.54, 1.807) is 12.1 Å². The molecule has 0 radical (unpaired) electrons. The molecule has 1 aromatic carbocycles. The molecule has 2 fully saturated rings. The van der Waals surface area contributed by atoms with E-state index in [2.05, 4.69) is 0 Å². The number of amides is 1. The minimum absolute atomic E-state index is 0.00338. The maximum Gasteiger partial charge on any atom is 0.266 e. The van der Waals surface area contributed by atoms with Gasteiger partial charge < -0.3 is 9.47 Å². The van der Waals surface area contributed by atoms with Crippen LogP contribution in [0.5, 0.6) is 5.75 Å². The molecule has 12 heteroatoms. The number of hydrogen-bond donors (Lipinski definition) is 2. The number of hydrogen-bond acceptors (Lipinski definition) is 8. The Balaban J connectivity index is 1.66. The predicted molar refractivity (Wildman–Crippen MR) is 112 cm³/mol. The number of sulfone groups is 1. The fourth-order valence-corrected chi connectivity index (χ4v) is 6.59. The molecule has 0 aliphatic carbocycles. The maximum atomic E-state index is 13.3. The van der Waals surface area contributed by atoms with Gasteiger partial charge in [-0.1, -0.05) is 12.1 Å². The first kappa shape index (κ1) is 23.9. The van der Waals surface area contributed by atoms with Gasteiger partial charge in [0.1, 0.15) is 5.75 Å². The van der Waals surface area contributed by atoms with Crippen molar-refractivity contribution in [2.75, 3.05) is 38.5 Å². The zero-order chi connectivity index (χ0) is 22.7. The van der Waals surface area contributed by atoms with Crippen molar-refractivity contribution in [2.24, 2.45) is 0 Å². The van der Waals surface area contributed by atoms with Crippen molar-refractivity contribution in [1.82, 2.24) is 9.79 Å². The summed E-state index contributed by atoms with van der Waals surface area (Å²) in [6.07, 6.45) is 2.25. The fraction of sp³-hybridized carbons (Fsp3) is 0.632. The van der Waals surface area contributed by atoms with Crippen molar-refractivity contribution in [1.29, 1.82) is 0 Å². The number of piperidine rings is 1. The van der Waals surface area contributed by atoms with Gasteiger partial charge in [-0.2, -0.15) is 0 Å². The van der Waals surface area contributed by atoms with Crippen LogP contribution in [0.1, 0.15) is 37.2 Å². The zero-order valence-corrected chi connectivity index (χ0v) is 19.0. The van der Waals surface area contributed by atoms with E-state index >= 15 is 0 Å². The van der Waals surface area contributed by atoms with Gasteiger partial charge >= 0.3 is 0 Å². The number of rotatable bonds is 7. The van der Waals surface area contributed by atoms with Crippen LogP contribution in [-0.4, -0.2) is 75.5 Å². The third-order valence-corrected chi connectivity index (χ3v) is 9.07. The van der Waals surface area contributed by atoms with E-state index in [1.807, 2.05) is 12.1 Å². The molecule has 0 bridgehead atoms. The Morgan fingerprint density at radius 2 is 1.74 bits per heavy atom. The van der Waals surface area contributed by atoms with Gasteiger partial charge in [-0.05, 0) is 36.5 Å². The fourth-order valence-electron chi connectivity index (χ4n) is 4.09. The highest BCUT2D eigenvalue weighted by molar-refractivity contribution is 7.91. The summed E-state index contributed by atoms with van der Waals surface area (Å²) >= 11 is 0. The molecule has 2 aliphatic rings. The third kappa shape index (κ3) is 5.20. The SMILES string of the molecule is CS(=O)(=O)COc1ccc(C2CCN(S(=O)(=O)C3(C(=O)NO)CCOCC3)CC2)cc1. The lowest BCUT2D eigenvalue weighted by Gasteiger charge is -2.40. The van der Waals surface area contributed by atoms with Gasteiger partial charge in [0.05, 0.1) is 0 Å². The molecule has 1 aromatic rings. The molecule has 2 heterocycles. The molecular weight excluding hydrogens is 448 g/mol. The number of hydroxylamine groups is 1. The highest BCUT2D eigenvalue weighted by Crippen LogP contribution is 2.37. The first-order valence-electron chi connectivity index (χ1n) is 10.0. The predicted octanol–water partition coefficient (Wildman–Crippen LogP) is 0.631. The summed E-state index contributed by atoms with van der Waals surface area (Å²) in [5.41, 5.74) is 2.54. The van der Waals surface area contributed by atoms with Gasteiger partial charge in [0.25, 0.3) is 5.91 Å². The molecule has 2 saturated heterocycles. The van der Waals surface area contributed by atoms with Crippen molar-refractivity contribution in [3.8, 4) is 5.75 Å². The van der Waals surface area contributed by atoms with Gasteiger partial charge in [-0.3, -0.25) is 10.0 Å². The van der Waals surface area contributed by atoms with Crippen molar-refractivity contribution in [3.05, 3.63) is 29.8 Å². The van der Waals surface area contributed by atoms with Crippen molar-refractivity contribution in [2.45, 2.75) is 36.3 Å². The van der Waals surface area contributed by atoms with E-state index in [4.69, 9.17) is 14.7 Å². The Hall–Kier alpha value is -1.73. The molecule has 2 aliphatic heterocycles. The van der Waals surface area contributed by atoms with Gasteiger partial charge in [0, 0.05) is 45.4 Å². The summed E-state index contributed by atoms with van der Waals surface area (Å²) in [6, 6.07) is 7.11. The lowest BCUT2D eigenvalue weighted by Crippen LogP contribution is -2.60. The smallest absolute Gasteiger partial charge is 0.266 e. The second kappa shape index (κ2) is 9.41. The minimum Gasteiger partial charge on any atom is -0.478 e. The molecule has 3 rings (SSSR count). The minimum atomic E-state index is -3.99. The van der Waals surface area contributed by atoms with E-state index in [1.165, 1.54) is 9.79 Å². The summed E-state index contributed by atoms with van der Waals surface area (Å²) < 4.78 is 59.2. The molecule has 174 valence electrons. The van der Waals surface area contributed by atoms with E-state index in [9.17, 15) is 21.6 Å². The third-order valence-electron chi connectivity index (χ3n) is 5.89. The molecule has 0 spiro atoms. The van der Waals surface area contributed by atoms with Crippen molar-refractivity contribution >= 4 is 25.8 Å². The summed E-state index contributed by atoms with van der Waals surface area (Å²) in [6.45, 7) is 0.801. The molecular formula is C19H28N2O8S2. The first-order valence-corrected chi connectivity index (χ1v) is 13.5. The number of benzene rings is 1. The zero-order valence-electron chi connectivity index (χ0n) is 17.3. The summed E-state index contributed by atoms with van der Waals surface area (Å²) in [5.74, 6) is -0.724. The second-order valence-corrected chi connectivity index (χ2v) is 12.3. The van der Waals surface area contributed by atoms with Gasteiger partial charge in [-0.15, -0.1) is 0 Å². The topological polar surface area (TPSA) is 139 Å². The molecule has 2 N–H and O–H groups in total. The average molecular weight is 477 g/mol. The average Bonchev–Trinajstić information content (AvgIpc) is 2.77. The van der Waals surface area contributed by atoms with E-state index in [0.29, 0.717) is 18.6 Å². The maximum absolute atomic E-state index is 13.3. The van der Waals surface area contributed by atoms with Crippen LogP contribution in [0.2, 0.25) is 0 Å². The number of carbonyl (C=O) groups excluding carboxylic acids is 1. The van der Waals surface area contributed by atoms with E-state index < -0.39 is 36.5 Å². The van der Waals surface area contributed by atoms with Crippen molar-refractivity contribution in [3.63, 3.8) is 0 Å². The lowest BCUT2D eigenvalue weighted by atomic mass is 9.90. The van der Waals surface area contributed by atoms with Crippen molar-refractivity contribution < 1.29 is 36.3 Å². The van der Waals surface area contributed by atoms with Gasteiger partial charge in [0.15, 0.2) is 20.5 Å². The molecule has 1 amide bonds. The quantitative estimate of drug-likeness (QED) is 0.432. The highest BCUT2D eigenvalue weighted by Gasteiger charge is 2.54. The monoisotopic (exact) mass is 476 g/mol. The number of carbonyl (C=O) groups is 1. The van der Waals surface area contributed by atoms with E-state index in [-0.39, 0.29) is 45.1 Å². The highest BCUT2D eigenvalue weighted by atomic mass is 32.2. The van der Waals surface area contributed by atoms with E-state index in [0.717, 1.165) is 11.8 Å². The summed E-state index contributed by atoms with van der Waals surface area (Å²) in [7, 11) is -7.22. The molecule has 0 unspecified atom stereocenters. The summed E-state index contributed by atoms with van der Waals surface area (Å²) in [5, 5.41) is 9.14. The van der Waals surface area contributed by atoms with Gasteiger partial charge in [0.2, 0.25) is 10.0 Å². The van der Waals surface area contributed by atoms with Gasteiger partial charge in [-0.25, -0.2) is 26.6 Å². The number of sulfonamides is 1. The standard InChI is InChI=1S/C19H28N2O8S2/c1-30(24,25)14-29-17-4-2-15(3-5-17)16-6-10-21(11-7-16)31(26,27)19(18(22)20-23)8-12-28-13-9-19/h2-5,16,23H,6-14H2,1H3,(H,20,22). The number of nitrogens with zero attached hydrogens (tertiary/aromatic N) is 1. The molecule has 31 heavy (non-hydrogen) atoms. The van der Waals surface area contributed by atoms with Crippen LogP contribution >= 0.6 is 0 Å². The Morgan fingerprint density at radius 1 is 1.16 bits per heavy atom. The van der Waals surface area contributed by atoms with Crippen LogP contribution in [-0.2, 0) is 29.4 Å². The second-order valence-electron chi connectivity index (χ2n) is 7.98. The van der Waals surface area contributed by atoms with Crippen LogP contribution in [0.15, 0.2) is 24.3 Å². The van der Waals surface area contributed by atoms with Crippen LogP contribution in [0, 0.1) is 0 Å². The van der Waals surface area contributed by atoms with Crippen LogP contribution in [0.3, 0.4) is 0 Å². The van der Waals surface area contributed by atoms with Crippen LogP contribution in [0.4, 0.5) is 0 Å². The number of nitrogens with one attached hydrogen (secondary N) is 1. The lowest BCUT2D eigenvalue weighted by molar-refractivity contribution is -0.134. The Bertz CT molecular complexity index is 978. The molecule has 0 saturated carbocycles. The first-order chi connectivity index (χ1) is 14.6. The Morgan fingerprint density at radius 3 is 2.26 bits per heavy atom. The normalized spacial score (nSPS) is 20.8. The van der Waals surface area contributed by atoms with Crippen LogP contribution in [0.25, 0.3) is 0 Å². The number of ether oxygens (including phenoxy) is 2. The molecule has 0 aromatic heterocycles.